The molecule has 0 radical (unpaired) electrons. The molecule has 2 aromatic carbocycles. The van der Waals surface area contributed by atoms with Gasteiger partial charge in [0.2, 0.25) is 0 Å². The molecule has 6 rings (SSSR count). The first-order chi connectivity index (χ1) is 14.2. The van der Waals surface area contributed by atoms with Crippen molar-refractivity contribution in [3.8, 4) is 0 Å². The average molecular weight is 382 g/mol. The second-order valence-corrected chi connectivity index (χ2v) is 7.68. The number of rotatable bonds is 2. The number of nitrogens with zero attached hydrogens (tertiary/aromatic N) is 1. The number of aromatic nitrogens is 1. The largest absolute Gasteiger partial charge is 0.464 e. The summed E-state index contributed by atoms with van der Waals surface area (Å²) in [4.78, 5) is 25.8. The van der Waals surface area contributed by atoms with E-state index >= 15 is 0 Å². The van der Waals surface area contributed by atoms with Crippen molar-refractivity contribution < 1.29 is 14.0 Å². The highest BCUT2D eigenvalue weighted by Gasteiger charge is 2.35. The summed E-state index contributed by atoms with van der Waals surface area (Å²) >= 11 is 0. The zero-order valence-electron chi connectivity index (χ0n) is 15.7. The zero-order valence-corrected chi connectivity index (χ0v) is 15.7. The summed E-state index contributed by atoms with van der Waals surface area (Å²) in [6, 6.07) is 13.8. The standard InChI is InChI=1S/C24H18N2O3/c27-23-19(17-9-4-7-15-10-12-29-22(15)17)20(24(28)25-23)18-13-26-11-2-1-5-14-6-3-8-16(18)21(14)26/h3-4,6-10,12-13H,1-2,5,11H2,(H,25,27,28). The lowest BCUT2D eigenvalue weighted by Crippen LogP contribution is -2.22. The van der Waals surface area contributed by atoms with Crippen molar-refractivity contribution in [2.24, 2.45) is 0 Å². The van der Waals surface area contributed by atoms with Crippen molar-refractivity contribution in [2.75, 3.05) is 0 Å². The molecule has 5 nitrogen and oxygen atoms in total. The van der Waals surface area contributed by atoms with Crippen LogP contribution in [-0.2, 0) is 22.6 Å². The average Bonchev–Trinajstić information content (AvgIpc) is 3.36. The number of carbonyl (C=O) groups excluding carboxylic acids is 2. The molecule has 5 heteroatoms. The summed E-state index contributed by atoms with van der Waals surface area (Å²) < 4.78 is 7.90. The highest BCUT2D eigenvalue weighted by Crippen LogP contribution is 2.39. The van der Waals surface area contributed by atoms with E-state index < -0.39 is 0 Å². The number of amides is 2. The van der Waals surface area contributed by atoms with E-state index in [1.165, 1.54) is 11.1 Å². The fourth-order valence-electron chi connectivity index (χ4n) is 4.77. The molecule has 0 atom stereocenters. The quantitative estimate of drug-likeness (QED) is 0.526. The highest BCUT2D eigenvalue weighted by atomic mass is 16.3. The predicted molar refractivity (Wildman–Crippen MR) is 111 cm³/mol. The summed E-state index contributed by atoms with van der Waals surface area (Å²) in [5.74, 6) is -0.729. The van der Waals surface area contributed by atoms with Crippen molar-refractivity contribution in [3.63, 3.8) is 0 Å². The predicted octanol–water partition coefficient (Wildman–Crippen LogP) is 4.29. The molecule has 0 fully saturated rings. The molecule has 29 heavy (non-hydrogen) atoms. The number of imide groups is 1. The third-order valence-corrected chi connectivity index (χ3v) is 6.03. The Hall–Kier alpha value is -3.60. The van der Waals surface area contributed by atoms with E-state index in [4.69, 9.17) is 4.42 Å². The summed E-state index contributed by atoms with van der Waals surface area (Å²) in [5.41, 5.74) is 5.37. The first kappa shape index (κ1) is 16.4. The van der Waals surface area contributed by atoms with Gasteiger partial charge in [0.1, 0.15) is 5.58 Å². The maximum Gasteiger partial charge on any atom is 0.259 e. The van der Waals surface area contributed by atoms with Crippen LogP contribution in [0.5, 0.6) is 0 Å². The Labute approximate surface area is 166 Å². The lowest BCUT2D eigenvalue weighted by atomic mass is 9.94. The van der Waals surface area contributed by atoms with Crippen LogP contribution in [0.2, 0.25) is 0 Å². The minimum atomic E-state index is -0.377. The number of fused-ring (bicyclic) bond motifs is 1. The van der Waals surface area contributed by atoms with Gasteiger partial charge in [0, 0.05) is 34.6 Å². The smallest absolute Gasteiger partial charge is 0.259 e. The van der Waals surface area contributed by atoms with Gasteiger partial charge in [-0.1, -0.05) is 36.4 Å². The molecule has 0 saturated heterocycles. The van der Waals surface area contributed by atoms with E-state index in [1.54, 1.807) is 6.26 Å². The van der Waals surface area contributed by atoms with Crippen LogP contribution in [0.1, 0.15) is 29.5 Å². The lowest BCUT2D eigenvalue weighted by Gasteiger charge is -2.06. The molecular formula is C24H18N2O3. The van der Waals surface area contributed by atoms with E-state index in [0.29, 0.717) is 22.3 Å². The lowest BCUT2D eigenvalue weighted by molar-refractivity contribution is -0.122. The Morgan fingerprint density at radius 3 is 2.62 bits per heavy atom. The molecule has 0 aliphatic carbocycles. The van der Waals surface area contributed by atoms with Gasteiger partial charge in [-0.25, -0.2) is 0 Å². The Bertz CT molecular complexity index is 1370. The molecule has 2 aliphatic rings. The van der Waals surface area contributed by atoms with Gasteiger partial charge < -0.3 is 8.98 Å². The molecule has 0 saturated carbocycles. The monoisotopic (exact) mass is 382 g/mol. The summed E-state index contributed by atoms with van der Waals surface area (Å²) in [6.45, 7) is 0.916. The van der Waals surface area contributed by atoms with Crippen LogP contribution < -0.4 is 5.32 Å². The van der Waals surface area contributed by atoms with Crippen LogP contribution in [0.25, 0.3) is 33.0 Å². The topological polar surface area (TPSA) is 64.2 Å². The Morgan fingerprint density at radius 1 is 0.897 bits per heavy atom. The summed E-state index contributed by atoms with van der Waals surface area (Å²) in [6.07, 6.45) is 6.93. The van der Waals surface area contributed by atoms with Crippen LogP contribution in [0, 0.1) is 0 Å². The summed E-state index contributed by atoms with van der Waals surface area (Å²) in [5, 5.41) is 4.43. The fraction of sp³-hybridized carbons (Fsp3) is 0.167. The van der Waals surface area contributed by atoms with Gasteiger partial charge in [0.15, 0.2) is 0 Å². The Balaban J connectivity index is 1.69. The molecule has 4 heterocycles. The molecular weight excluding hydrogens is 364 g/mol. The number of benzene rings is 2. The van der Waals surface area contributed by atoms with E-state index in [0.717, 1.165) is 42.1 Å². The minimum absolute atomic E-state index is 0.352. The molecule has 2 aromatic heterocycles. The van der Waals surface area contributed by atoms with E-state index in [2.05, 4.69) is 16.0 Å². The highest BCUT2D eigenvalue weighted by molar-refractivity contribution is 6.50. The van der Waals surface area contributed by atoms with Gasteiger partial charge in [-0.2, -0.15) is 0 Å². The second-order valence-electron chi connectivity index (χ2n) is 7.68. The van der Waals surface area contributed by atoms with Gasteiger partial charge in [0.25, 0.3) is 11.8 Å². The molecule has 4 aromatic rings. The maximum absolute atomic E-state index is 12.9. The molecule has 2 aliphatic heterocycles. The molecule has 1 N–H and O–H groups in total. The second kappa shape index (κ2) is 5.95. The Kier molecular flexibility index (Phi) is 3.36. The Morgan fingerprint density at radius 2 is 1.72 bits per heavy atom. The summed E-state index contributed by atoms with van der Waals surface area (Å²) in [7, 11) is 0. The van der Waals surface area contributed by atoms with Crippen molar-refractivity contribution in [1.29, 1.82) is 0 Å². The SMILES string of the molecule is O=C1NC(=O)C(c2cccc3ccoc23)=C1c1cn2c3c(cccc13)CCCC2. The number of furan rings is 1. The van der Waals surface area contributed by atoms with Crippen LogP contribution in [-0.4, -0.2) is 16.4 Å². The first-order valence-corrected chi connectivity index (χ1v) is 9.90. The normalized spacial score (nSPS) is 16.7. The van der Waals surface area contributed by atoms with Crippen molar-refractivity contribution in [3.05, 3.63) is 71.6 Å². The van der Waals surface area contributed by atoms with E-state index in [1.807, 2.05) is 42.6 Å². The number of aryl methyl sites for hydroxylation is 2. The van der Waals surface area contributed by atoms with E-state index in [9.17, 15) is 9.59 Å². The minimum Gasteiger partial charge on any atom is -0.464 e. The molecule has 0 bridgehead atoms. The molecule has 142 valence electrons. The van der Waals surface area contributed by atoms with Gasteiger partial charge in [0.05, 0.1) is 22.9 Å². The third kappa shape index (κ3) is 2.27. The van der Waals surface area contributed by atoms with Crippen molar-refractivity contribution in [2.45, 2.75) is 25.8 Å². The number of para-hydroxylation sites is 2. The zero-order chi connectivity index (χ0) is 19.5. The van der Waals surface area contributed by atoms with Gasteiger partial charge in [-0.3, -0.25) is 14.9 Å². The van der Waals surface area contributed by atoms with Crippen LogP contribution >= 0.6 is 0 Å². The van der Waals surface area contributed by atoms with Crippen LogP contribution in [0.15, 0.2) is 59.3 Å². The third-order valence-electron chi connectivity index (χ3n) is 6.03. The van der Waals surface area contributed by atoms with Crippen LogP contribution in [0.3, 0.4) is 0 Å². The van der Waals surface area contributed by atoms with Gasteiger partial charge >= 0.3 is 0 Å². The van der Waals surface area contributed by atoms with Crippen molar-refractivity contribution in [1.82, 2.24) is 9.88 Å². The number of carbonyl (C=O) groups is 2. The van der Waals surface area contributed by atoms with Gasteiger partial charge in [-0.05, 0) is 30.9 Å². The molecule has 2 amide bonds. The first-order valence-electron chi connectivity index (χ1n) is 9.90. The fourth-order valence-corrected chi connectivity index (χ4v) is 4.77. The number of hydrogen-bond acceptors (Lipinski definition) is 3. The number of hydrogen-bond donors (Lipinski definition) is 1. The maximum atomic E-state index is 12.9. The van der Waals surface area contributed by atoms with Crippen LogP contribution in [0.4, 0.5) is 0 Å². The molecule has 0 spiro atoms. The van der Waals surface area contributed by atoms with Gasteiger partial charge in [-0.15, -0.1) is 0 Å². The number of nitrogens with one attached hydrogen (secondary N) is 1. The molecule has 0 unspecified atom stereocenters. The van der Waals surface area contributed by atoms with E-state index in [-0.39, 0.29) is 11.8 Å². The van der Waals surface area contributed by atoms with Crippen molar-refractivity contribution >= 4 is 44.8 Å².